The average Bonchev–Trinajstić information content (AvgIpc) is 3.40. The second-order valence-electron chi connectivity index (χ2n) is 9.55. The number of carbonyl (C=O) groups is 2. The highest BCUT2D eigenvalue weighted by Gasteiger charge is 2.52. The molecule has 17 heteroatoms. The fourth-order valence-corrected chi connectivity index (χ4v) is 4.25. The number of nitrogen functional groups attached to an aromatic ring is 1. The summed E-state index contributed by atoms with van der Waals surface area (Å²) >= 11 is 0. The minimum absolute atomic E-state index is 0.0359. The molecule has 1 aliphatic heterocycles. The molecule has 10 nitrogen and oxygen atoms in total. The van der Waals surface area contributed by atoms with E-state index in [2.05, 4.69) is 20.4 Å². The minimum atomic E-state index is -5.09. The molecule has 3 aromatic heterocycles. The predicted octanol–water partition coefficient (Wildman–Crippen LogP) is 2.68. The molecular formula is C23H22F7N7O3. The summed E-state index contributed by atoms with van der Waals surface area (Å²) in [5.74, 6) is -2.48. The number of halogens is 7. The third-order valence-electron chi connectivity index (χ3n) is 6.54. The number of carbonyl (C=O) groups excluding carboxylic acids is 2. The maximum Gasteiger partial charge on any atom is 0.418 e. The Kier molecular flexibility index (Phi) is 7.15. The number of likely N-dealkylation sites (tertiary alicyclic amines) is 1. The Morgan fingerprint density at radius 1 is 1.15 bits per heavy atom. The van der Waals surface area contributed by atoms with Gasteiger partial charge in [0.25, 0.3) is 5.91 Å². The molecule has 0 aromatic carbocycles. The van der Waals surface area contributed by atoms with E-state index in [0.717, 1.165) is 21.8 Å². The maximum absolute atomic E-state index is 14.7. The van der Waals surface area contributed by atoms with Gasteiger partial charge in [-0.25, -0.2) is 13.9 Å². The van der Waals surface area contributed by atoms with Gasteiger partial charge in [-0.2, -0.15) is 31.4 Å². The van der Waals surface area contributed by atoms with Crippen LogP contribution in [0.25, 0.3) is 16.8 Å². The van der Waals surface area contributed by atoms with Gasteiger partial charge in [-0.15, -0.1) is 0 Å². The Labute approximate surface area is 221 Å². The van der Waals surface area contributed by atoms with Crippen LogP contribution in [0.3, 0.4) is 0 Å². The van der Waals surface area contributed by atoms with Crippen LogP contribution in [0.5, 0.6) is 0 Å². The van der Waals surface area contributed by atoms with Gasteiger partial charge in [-0.1, -0.05) is 0 Å². The first-order valence-electron chi connectivity index (χ1n) is 11.6. The number of pyridine rings is 1. The monoisotopic (exact) mass is 577 g/mol. The van der Waals surface area contributed by atoms with Crippen molar-refractivity contribution < 1.29 is 45.4 Å². The number of hydrogen-bond acceptors (Lipinski definition) is 7. The number of anilines is 1. The molecule has 1 fully saturated rings. The highest BCUT2D eigenvalue weighted by Crippen LogP contribution is 2.39. The van der Waals surface area contributed by atoms with Crippen LogP contribution < -0.4 is 11.1 Å². The van der Waals surface area contributed by atoms with Gasteiger partial charge >= 0.3 is 12.4 Å². The molecule has 0 aliphatic carbocycles. The largest absolute Gasteiger partial charge is 0.418 e. The fraction of sp³-hybridized carbons (Fsp3) is 0.435. The number of rotatable bonds is 5. The Hall–Kier alpha value is -4.02. The molecule has 4 heterocycles. The summed E-state index contributed by atoms with van der Waals surface area (Å²) in [4.78, 5) is 33.7. The summed E-state index contributed by atoms with van der Waals surface area (Å²) in [5, 5.41) is 15.7. The summed E-state index contributed by atoms with van der Waals surface area (Å²) in [6, 6.07) is 0.667. The number of aromatic nitrogens is 4. The van der Waals surface area contributed by atoms with Crippen molar-refractivity contribution in [2.45, 2.75) is 50.4 Å². The number of fused-ring (bicyclic) bond motifs is 1. The van der Waals surface area contributed by atoms with Crippen LogP contribution in [-0.2, 0) is 11.0 Å². The van der Waals surface area contributed by atoms with Gasteiger partial charge < -0.3 is 21.1 Å². The molecule has 3 aromatic rings. The Morgan fingerprint density at radius 3 is 2.45 bits per heavy atom. The van der Waals surface area contributed by atoms with Crippen LogP contribution in [0.15, 0.2) is 24.7 Å². The predicted molar refractivity (Wildman–Crippen MR) is 124 cm³/mol. The number of amides is 2. The van der Waals surface area contributed by atoms with Gasteiger partial charge in [0.05, 0.1) is 41.5 Å². The lowest BCUT2D eigenvalue weighted by molar-refractivity contribution is -0.254. The van der Waals surface area contributed by atoms with Crippen LogP contribution in [-0.4, -0.2) is 78.5 Å². The molecule has 216 valence electrons. The first-order valence-corrected chi connectivity index (χ1v) is 11.6. The molecule has 1 aliphatic rings. The fourth-order valence-electron chi connectivity index (χ4n) is 4.25. The highest BCUT2D eigenvalue weighted by atomic mass is 19.4. The molecule has 0 bridgehead atoms. The van der Waals surface area contributed by atoms with E-state index in [9.17, 15) is 45.4 Å². The van der Waals surface area contributed by atoms with Crippen LogP contribution in [0.2, 0.25) is 0 Å². The zero-order valence-electron chi connectivity index (χ0n) is 20.8. The van der Waals surface area contributed by atoms with E-state index in [-0.39, 0.29) is 22.5 Å². The van der Waals surface area contributed by atoms with E-state index in [4.69, 9.17) is 5.73 Å². The summed E-state index contributed by atoms with van der Waals surface area (Å²) in [6.45, 7) is 0.752. The summed E-state index contributed by atoms with van der Waals surface area (Å²) < 4.78 is 95.3. The number of aryl methyl sites for hydroxylation is 1. The topological polar surface area (TPSA) is 139 Å². The normalized spacial score (nSPS) is 19.6. The van der Waals surface area contributed by atoms with E-state index < -0.39 is 78.4 Å². The molecule has 4 N–H and O–H groups in total. The lowest BCUT2D eigenvalue weighted by Crippen LogP contribution is -2.47. The van der Waals surface area contributed by atoms with Crippen molar-refractivity contribution >= 4 is 23.1 Å². The van der Waals surface area contributed by atoms with Crippen molar-refractivity contribution in [3.8, 4) is 11.3 Å². The zero-order valence-corrected chi connectivity index (χ0v) is 20.8. The van der Waals surface area contributed by atoms with Gasteiger partial charge in [0.1, 0.15) is 18.0 Å². The van der Waals surface area contributed by atoms with Crippen molar-refractivity contribution in [2.24, 2.45) is 0 Å². The number of alkyl halides is 7. The molecule has 3 atom stereocenters. The zero-order chi connectivity index (χ0) is 29.8. The quantitative estimate of drug-likeness (QED) is 0.397. The Morgan fingerprint density at radius 2 is 1.82 bits per heavy atom. The minimum Gasteiger partial charge on any atom is -0.382 e. The number of aliphatic hydroxyl groups is 1. The number of hydrogen-bond donors (Lipinski definition) is 3. The number of nitrogens with two attached hydrogens (primary N) is 1. The molecule has 4 rings (SSSR count). The molecule has 40 heavy (non-hydrogen) atoms. The Balaban J connectivity index is 1.57. The summed E-state index contributed by atoms with van der Waals surface area (Å²) in [6.07, 6.45) is -10.9. The summed E-state index contributed by atoms with van der Waals surface area (Å²) in [7, 11) is 0. The average molecular weight is 577 g/mol. The molecule has 1 saturated heterocycles. The lowest BCUT2D eigenvalue weighted by atomic mass is 10.0. The van der Waals surface area contributed by atoms with Crippen molar-refractivity contribution in [1.82, 2.24) is 29.8 Å². The number of nitrogens with one attached hydrogen (secondary N) is 1. The summed E-state index contributed by atoms with van der Waals surface area (Å²) in [5.41, 5.74) is 0.622. The van der Waals surface area contributed by atoms with Crippen molar-refractivity contribution in [2.75, 3.05) is 18.8 Å². The molecule has 0 saturated carbocycles. The van der Waals surface area contributed by atoms with Gasteiger partial charge in [-0.3, -0.25) is 14.6 Å². The van der Waals surface area contributed by atoms with Crippen LogP contribution in [0, 0.1) is 6.92 Å². The van der Waals surface area contributed by atoms with E-state index in [1.54, 1.807) is 0 Å². The first-order chi connectivity index (χ1) is 18.4. The van der Waals surface area contributed by atoms with E-state index in [1.165, 1.54) is 19.2 Å². The third-order valence-corrected chi connectivity index (χ3v) is 6.54. The molecule has 0 radical (unpaired) electrons. The van der Waals surface area contributed by atoms with E-state index in [0.29, 0.717) is 6.92 Å². The van der Waals surface area contributed by atoms with Crippen molar-refractivity contribution in [3.63, 3.8) is 0 Å². The SMILES string of the molecule is Cc1ncc(-c2cc(C(F)(F)F)c3c(N)ncnn23)cc1C(=O)N[C@@H]1CN(C(=O)CC(C)(O)C(F)(F)F)C[C@@H]1F. The second-order valence-corrected chi connectivity index (χ2v) is 9.55. The first kappa shape index (κ1) is 29.0. The van der Waals surface area contributed by atoms with Crippen LogP contribution in [0.4, 0.5) is 36.6 Å². The van der Waals surface area contributed by atoms with Crippen molar-refractivity contribution in [1.29, 1.82) is 0 Å². The molecule has 0 spiro atoms. The van der Waals surface area contributed by atoms with E-state index in [1.807, 2.05) is 0 Å². The van der Waals surface area contributed by atoms with Gasteiger partial charge in [0.2, 0.25) is 5.91 Å². The van der Waals surface area contributed by atoms with E-state index >= 15 is 0 Å². The molecule has 1 unspecified atom stereocenters. The third kappa shape index (κ3) is 5.37. The van der Waals surface area contributed by atoms with Crippen LogP contribution >= 0.6 is 0 Å². The molecular weight excluding hydrogens is 555 g/mol. The van der Waals surface area contributed by atoms with Crippen molar-refractivity contribution in [3.05, 3.63) is 41.5 Å². The smallest absolute Gasteiger partial charge is 0.382 e. The standard InChI is InChI=1S/C23H22F7N7O3/c1-10-12(20(39)35-15-8-36(7-14(15)24)17(38)5-21(2,40)23(28,29)30)3-11(6-32-10)16-4-13(22(25,26)27)18-19(31)33-9-34-37(16)18/h3-4,6,9,14-15,40H,5,7-8H2,1-2H3,(H,35,39)(H2,31,33,34)/t14-,15+,21?/m0/s1. The lowest BCUT2D eigenvalue weighted by Gasteiger charge is -2.27. The molecule has 2 amide bonds. The van der Waals surface area contributed by atoms with Gasteiger partial charge in [0.15, 0.2) is 11.4 Å². The maximum atomic E-state index is 14.7. The van der Waals surface area contributed by atoms with Gasteiger partial charge in [0, 0.05) is 18.3 Å². The Bertz CT molecular complexity index is 1470. The highest BCUT2D eigenvalue weighted by molar-refractivity contribution is 5.96. The van der Waals surface area contributed by atoms with Gasteiger partial charge in [-0.05, 0) is 26.0 Å². The van der Waals surface area contributed by atoms with Crippen LogP contribution in [0.1, 0.15) is 35.0 Å². The number of nitrogens with zero attached hydrogens (tertiary/aromatic N) is 5. The second kappa shape index (κ2) is 9.87.